The lowest BCUT2D eigenvalue weighted by atomic mass is 10.0. The first kappa shape index (κ1) is 24.6. The van der Waals surface area contributed by atoms with E-state index in [9.17, 15) is 26.7 Å². The van der Waals surface area contributed by atoms with Crippen molar-refractivity contribution in [2.24, 2.45) is 0 Å². The molecule has 0 aromatic heterocycles. The van der Waals surface area contributed by atoms with Crippen LogP contribution in [0.1, 0.15) is 24.0 Å². The van der Waals surface area contributed by atoms with E-state index in [1.165, 1.54) is 0 Å². The fourth-order valence-corrected chi connectivity index (χ4v) is 6.42. The summed E-state index contributed by atoms with van der Waals surface area (Å²) in [5.74, 6) is -0.513. The molecule has 2 aliphatic rings. The summed E-state index contributed by atoms with van der Waals surface area (Å²) in [6.07, 6.45) is -3.21. The fourth-order valence-electron chi connectivity index (χ4n) is 5.13. The Balaban J connectivity index is 1.39. The van der Waals surface area contributed by atoms with E-state index in [0.29, 0.717) is 12.8 Å². The molecule has 1 heterocycles. The van der Waals surface area contributed by atoms with Crippen LogP contribution in [-0.2, 0) is 22.9 Å². The van der Waals surface area contributed by atoms with Gasteiger partial charge in [-0.1, -0.05) is 36.4 Å². The van der Waals surface area contributed by atoms with Crippen molar-refractivity contribution >= 4 is 21.4 Å². The summed E-state index contributed by atoms with van der Waals surface area (Å²) in [5, 5.41) is 11.3. The van der Waals surface area contributed by atoms with Crippen LogP contribution in [0.4, 0.5) is 24.5 Å². The maximum Gasteiger partial charge on any atom is 0.573 e. The number of ether oxygens (including phenoxy) is 1. The molecule has 0 saturated heterocycles. The van der Waals surface area contributed by atoms with E-state index >= 15 is 0 Å². The van der Waals surface area contributed by atoms with E-state index in [1.807, 2.05) is 36.4 Å². The SMILES string of the molecule is O=S(=O)(N[C@@H]1CC[C@H](N2c3ccccc3CCc3ccccc32)[C@H]1O)c1ccc(OC(F)(F)F)cc1. The number of para-hydroxylation sites is 2. The summed E-state index contributed by atoms with van der Waals surface area (Å²) in [5.41, 5.74) is 4.31. The van der Waals surface area contributed by atoms with Gasteiger partial charge in [0, 0.05) is 11.4 Å². The molecule has 0 unspecified atom stereocenters. The number of sulfonamides is 1. The number of alkyl halides is 3. The van der Waals surface area contributed by atoms with E-state index in [2.05, 4.69) is 26.5 Å². The number of rotatable bonds is 5. The van der Waals surface area contributed by atoms with Crippen LogP contribution in [0.25, 0.3) is 0 Å². The number of benzene rings is 3. The fraction of sp³-hybridized carbons (Fsp3) is 0.308. The highest BCUT2D eigenvalue weighted by molar-refractivity contribution is 7.89. The first-order valence-electron chi connectivity index (χ1n) is 11.6. The number of aliphatic hydroxyl groups excluding tert-OH is 1. The van der Waals surface area contributed by atoms with E-state index in [1.54, 1.807) is 0 Å². The minimum Gasteiger partial charge on any atom is -0.406 e. The van der Waals surface area contributed by atoms with Gasteiger partial charge in [-0.25, -0.2) is 13.1 Å². The van der Waals surface area contributed by atoms with Crippen LogP contribution >= 0.6 is 0 Å². The molecule has 5 rings (SSSR count). The minimum absolute atomic E-state index is 0.210. The quantitative estimate of drug-likeness (QED) is 0.512. The number of aryl methyl sites for hydroxylation is 2. The maximum absolute atomic E-state index is 13.0. The van der Waals surface area contributed by atoms with Crippen LogP contribution in [0.15, 0.2) is 77.7 Å². The topological polar surface area (TPSA) is 78.9 Å². The molecule has 2 N–H and O–H groups in total. The van der Waals surface area contributed by atoms with Crippen LogP contribution in [-0.4, -0.2) is 38.1 Å². The number of aliphatic hydroxyl groups is 1. The Morgan fingerprint density at radius 1 is 0.861 bits per heavy atom. The van der Waals surface area contributed by atoms with Crippen molar-refractivity contribution in [1.82, 2.24) is 4.72 Å². The van der Waals surface area contributed by atoms with Crippen molar-refractivity contribution in [3.05, 3.63) is 83.9 Å². The second-order valence-corrected chi connectivity index (χ2v) is 10.7. The van der Waals surface area contributed by atoms with Crippen molar-refractivity contribution < 1.29 is 31.4 Å². The molecule has 0 bridgehead atoms. The summed E-state index contributed by atoms with van der Waals surface area (Å²) in [6, 6.07) is 18.9. The molecule has 10 heteroatoms. The molecule has 1 saturated carbocycles. The third-order valence-corrected chi connectivity index (χ3v) is 8.26. The van der Waals surface area contributed by atoms with Gasteiger partial charge in [0.1, 0.15) is 5.75 Å². The number of nitrogens with zero attached hydrogens (tertiary/aromatic N) is 1. The third-order valence-electron chi connectivity index (χ3n) is 6.75. The Bertz CT molecular complexity index is 1300. The lowest BCUT2D eigenvalue weighted by Gasteiger charge is -2.35. The number of hydrogen-bond donors (Lipinski definition) is 2. The van der Waals surface area contributed by atoms with Gasteiger partial charge in [-0.2, -0.15) is 0 Å². The maximum atomic E-state index is 13.0. The predicted molar refractivity (Wildman–Crippen MR) is 129 cm³/mol. The summed E-state index contributed by atoms with van der Waals surface area (Å²) in [6.45, 7) is 0. The summed E-state index contributed by atoms with van der Waals surface area (Å²) in [7, 11) is -4.08. The number of hydrogen-bond acceptors (Lipinski definition) is 5. The second-order valence-electron chi connectivity index (χ2n) is 9.01. The van der Waals surface area contributed by atoms with Crippen LogP contribution in [0.5, 0.6) is 5.75 Å². The molecule has 6 nitrogen and oxygen atoms in total. The van der Waals surface area contributed by atoms with Gasteiger partial charge in [-0.15, -0.1) is 13.2 Å². The van der Waals surface area contributed by atoms with Crippen molar-refractivity contribution in [1.29, 1.82) is 0 Å². The van der Waals surface area contributed by atoms with Crippen LogP contribution in [0, 0.1) is 0 Å². The van der Waals surface area contributed by atoms with E-state index in [4.69, 9.17) is 0 Å². The Labute approximate surface area is 207 Å². The molecule has 0 spiro atoms. The van der Waals surface area contributed by atoms with Crippen molar-refractivity contribution in [3.63, 3.8) is 0 Å². The normalized spacial score (nSPS) is 22.0. The molecular weight excluding hydrogens is 493 g/mol. The number of nitrogens with one attached hydrogen (secondary N) is 1. The van der Waals surface area contributed by atoms with Gasteiger partial charge in [0.15, 0.2) is 0 Å². The zero-order valence-electron chi connectivity index (χ0n) is 19.1. The summed E-state index contributed by atoms with van der Waals surface area (Å²) >= 11 is 0. The second kappa shape index (κ2) is 9.42. The average Bonchev–Trinajstić information content (AvgIpc) is 3.08. The third kappa shape index (κ3) is 4.93. The van der Waals surface area contributed by atoms with Gasteiger partial charge < -0.3 is 14.7 Å². The van der Waals surface area contributed by atoms with Gasteiger partial charge in [0.25, 0.3) is 0 Å². The number of fused-ring (bicyclic) bond motifs is 2. The van der Waals surface area contributed by atoms with Crippen molar-refractivity contribution in [2.75, 3.05) is 4.90 Å². The molecule has 3 aromatic rings. The highest BCUT2D eigenvalue weighted by atomic mass is 32.2. The van der Waals surface area contributed by atoms with Crippen molar-refractivity contribution in [3.8, 4) is 5.75 Å². The van der Waals surface area contributed by atoms with E-state index in [0.717, 1.165) is 59.6 Å². The highest BCUT2D eigenvalue weighted by Gasteiger charge is 2.42. The van der Waals surface area contributed by atoms with Crippen LogP contribution < -0.4 is 14.4 Å². The summed E-state index contributed by atoms with van der Waals surface area (Å²) < 4.78 is 69.5. The molecule has 190 valence electrons. The monoisotopic (exact) mass is 518 g/mol. The van der Waals surface area contributed by atoms with Gasteiger partial charge in [-0.05, 0) is 73.2 Å². The molecular formula is C26H25F3N2O4S. The first-order valence-corrected chi connectivity index (χ1v) is 13.1. The minimum atomic E-state index is -4.87. The Kier molecular flexibility index (Phi) is 6.44. The molecule has 1 aliphatic heterocycles. The van der Waals surface area contributed by atoms with Gasteiger partial charge in [0.2, 0.25) is 10.0 Å². The predicted octanol–water partition coefficient (Wildman–Crippen LogP) is 4.69. The van der Waals surface area contributed by atoms with Crippen molar-refractivity contribution in [2.45, 2.75) is 55.1 Å². The summed E-state index contributed by atoms with van der Waals surface area (Å²) in [4.78, 5) is 1.91. The van der Waals surface area contributed by atoms with Gasteiger partial charge >= 0.3 is 6.36 Å². The highest BCUT2D eigenvalue weighted by Crippen LogP contribution is 2.41. The number of halogens is 3. The lowest BCUT2D eigenvalue weighted by Crippen LogP contribution is -2.47. The van der Waals surface area contributed by atoms with Gasteiger partial charge in [0.05, 0.1) is 23.1 Å². The largest absolute Gasteiger partial charge is 0.573 e. The van der Waals surface area contributed by atoms with Crippen LogP contribution in [0.2, 0.25) is 0 Å². The van der Waals surface area contributed by atoms with E-state index < -0.39 is 34.3 Å². The molecule has 36 heavy (non-hydrogen) atoms. The Morgan fingerprint density at radius 3 is 1.97 bits per heavy atom. The zero-order valence-corrected chi connectivity index (χ0v) is 20.0. The average molecular weight is 519 g/mol. The number of anilines is 2. The standard InChI is InChI=1S/C26H25F3N2O4S/c27-26(28,29)35-19-11-13-20(14-12-19)36(33,34)30-21-15-16-24(25(21)32)31-22-7-3-1-5-17(22)9-10-18-6-2-4-8-23(18)31/h1-8,11-14,21,24-25,30,32H,9-10,15-16H2/t21-,24+,25+/m1/s1. The Morgan fingerprint density at radius 2 is 1.42 bits per heavy atom. The smallest absolute Gasteiger partial charge is 0.406 e. The molecule has 3 aromatic carbocycles. The van der Waals surface area contributed by atoms with E-state index in [-0.39, 0.29) is 10.9 Å². The molecule has 1 aliphatic carbocycles. The van der Waals surface area contributed by atoms with Gasteiger partial charge in [-0.3, -0.25) is 0 Å². The molecule has 0 amide bonds. The molecule has 3 atom stereocenters. The Hall–Kier alpha value is -3.08. The molecule has 0 radical (unpaired) electrons. The first-order chi connectivity index (χ1) is 17.1. The zero-order chi connectivity index (χ0) is 25.5. The van der Waals surface area contributed by atoms with Crippen LogP contribution in [0.3, 0.4) is 0 Å². The lowest BCUT2D eigenvalue weighted by molar-refractivity contribution is -0.274. The molecule has 1 fully saturated rings.